The van der Waals surface area contributed by atoms with Crippen molar-refractivity contribution in [3.8, 4) is 0 Å². The molecule has 3 heteroatoms. The predicted molar refractivity (Wildman–Crippen MR) is 60.8 cm³/mol. The molecule has 2 rings (SSSR count). The lowest BCUT2D eigenvalue weighted by molar-refractivity contribution is 0.0944. The van der Waals surface area contributed by atoms with Gasteiger partial charge in [-0.3, -0.25) is 4.79 Å². The summed E-state index contributed by atoms with van der Waals surface area (Å²) in [4.78, 5) is 11.8. The van der Waals surface area contributed by atoms with Gasteiger partial charge in [-0.15, -0.1) is 0 Å². The van der Waals surface area contributed by atoms with Gasteiger partial charge < -0.3 is 5.32 Å². The molecule has 0 aromatic heterocycles. The van der Waals surface area contributed by atoms with Crippen molar-refractivity contribution >= 4 is 5.91 Å². The number of carbonyl (C=O) groups is 1. The Kier molecular flexibility index (Phi) is 2.95. The van der Waals surface area contributed by atoms with E-state index in [1.165, 1.54) is 6.07 Å². The molecule has 1 aliphatic rings. The van der Waals surface area contributed by atoms with Gasteiger partial charge in [-0.1, -0.05) is 25.5 Å². The van der Waals surface area contributed by atoms with Crippen molar-refractivity contribution in [2.45, 2.75) is 32.7 Å². The van der Waals surface area contributed by atoms with Crippen LogP contribution in [0.5, 0.6) is 0 Å². The Bertz CT molecular complexity index is 416. The molecular weight excluding hydrogens is 205 g/mol. The fourth-order valence-electron chi connectivity index (χ4n) is 1.94. The summed E-state index contributed by atoms with van der Waals surface area (Å²) in [6.07, 6.45) is 2.09. The monoisotopic (exact) mass is 221 g/mol. The molecule has 2 nitrogen and oxygen atoms in total. The second-order valence-electron chi connectivity index (χ2n) is 4.42. The number of hydrogen-bond acceptors (Lipinski definition) is 1. The molecule has 1 aromatic carbocycles. The number of benzene rings is 1. The minimum absolute atomic E-state index is 0.154. The molecule has 1 aliphatic carbocycles. The highest BCUT2D eigenvalue weighted by Crippen LogP contribution is 2.33. The maximum Gasteiger partial charge on any atom is 0.254 e. The van der Waals surface area contributed by atoms with E-state index in [9.17, 15) is 9.18 Å². The van der Waals surface area contributed by atoms with Crippen LogP contribution in [0.15, 0.2) is 18.2 Å². The van der Waals surface area contributed by atoms with Crippen molar-refractivity contribution in [1.29, 1.82) is 0 Å². The van der Waals surface area contributed by atoms with Crippen molar-refractivity contribution in [2.75, 3.05) is 0 Å². The third kappa shape index (κ3) is 2.08. The van der Waals surface area contributed by atoms with Crippen LogP contribution in [0.2, 0.25) is 0 Å². The standard InChI is InChI=1S/C13H16FNO/c1-3-9-7-11(9)15-13(16)10-6-4-5-8(2)12(10)14/h4-6,9,11H,3,7H2,1-2H3,(H,15,16). The van der Waals surface area contributed by atoms with E-state index in [1.54, 1.807) is 19.1 Å². The summed E-state index contributed by atoms with van der Waals surface area (Å²) in [6, 6.07) is 5.15. The molecule has 2 atom stereocenters. The highest BCUT2D eigenvalue weighted by molar-refractivity contribution is 5.95. The van der Waals surface area contributed by atoms with E-state index in [-0.39, 0.29) is 17.5 Å². The summed E-state index contributed by atoms with van der Waals surface area (Å²) in [6.45, 7) is 3.77. The van der Waals surface area contributed by atoms with E-state index >= 15 is 0 Å². The Hall–Kier alpha value is -1.38. The minimum Gasteiger partial charge on any atom is -0.349 e. The van der Waals surface area contributed by atoms with E-state index in [0.717, 1.165) is 12.8 Å². The molecule has 2 unspecified atom stereocenters. The molecule has 0 radical (unpaired) electrons. The van der Waals surface area contributed by atoms with E-state index in [2.05, 4.69) is 12.2 Å². The Morgan fingerprint density at radius 2 is 2.31 bits per heavy atom. The average Bonchev–Trinajstić information content (AvgIpc) is 3.00. The number of carbonyl (C=O) groups excluding carboxylic acids is 1. The topological polar surface area (TPSA) is 29.1 Å². The molecule has 1 aromatic rings. The molecule has 1 fully saturated rings. The van der Waals surface area contributed by atoms with Gasteiger partial charge in [0.25, 0.3) is 5.91 Å². The average molecular weight is 221 g/mol. The fourth-order valence-corrected chi connectivity index (χ4v) is 1.94. The van der Waals surface area contributed by atoms with Gasteiger partial charge >= 0.3 is 0 Å². The lowest BCUT2D eigenvalue weighted by Gasteiger charge is -2.06. The van der Waals surface area contributed by atoms with Crippen LogP contribution in [0.1, 0.15) is 35.7 Å². The van der Waals surface area contributed by atoms with Crippen LogP contribution in [0, 0.1) is 18.7 Å². The summed E-state index contributed by atoms with van der Waals surface area (Å²) < 4.78 is 13.6. The SMILES string of the molecule is CCC1CC1NC(=O)c1cccc(C)c1F. The minimum atomic E-state index is -0.409. The molecule has 86 valence electrons. The Labute approximate surface area is 94.9 Å². The summed E-state index contributed by atoms with van der Waals surface area (Å²) in [7, 11) is 0. The zero-order valence-corrected chi connectivity index (χ0v) is 9.59. The molecular formula is C13H16FNO. The van der Waals surface area contributed by atoms with Crippen LogP contribution < -0.4 is 5.32 Å². The summed E-state index contributed by atoms with van der Waals surface area (Å²) in [5.74, 6) is -0.118. The van der Waals surface area contributed by atoms with Crippen LogP contribution in [0.3, 0.4) is 0 Å². The van der Waals surface area contributed by atoms with Gasteiger partial charge in [-0.25, -0.2) is 4.39 Å². The first-order valence-electron chi connectivity index (χ1n) is 5.69. The van der Waals surface area contributed by atoms with E-state index in [0.29, 0.717) is 11.5 Å². The molecule has 0 aliphatic heterocycles. The van der Waals surface area contributed by atoms with Crippen LogP contribution in [0.25, 0.3) is 0 Å². The van der Waals surface area contributed by atoms with Crippen LogP contribution in [-0.2, 0) is 0 Å². The largest absolute Gasteiger partial charge is 0.349 e. The molecule has 1 amide bonds. The Morgan fingerprint density at radius 1 is 1.56 bits per heavy atom. The summed E-state index contributed by atoms with van der Waals surface area (Å²) in [5.41, 5.74) is 0.664. The van der Waals surface area contributed by atoms with Gasteiger partial charge in [0.1, 0.15) is 5.82 Å². The van der Waals surface area contributed by atoms with Crippen LogP contribution in [-0.4, -0.2) is 11.9 Å². The maximum atomic E-state index is 13.6. The third-order valence-electron chi connectivity index (χ3n) is 3.20. The van der Waals surface area contributed by atoms with Crippen molar-refractivity contribution < 1.29 is 9.18 Å². The number of aryl methyl sites for hydroxylation is 1. The molecule has 0 heterocycles. The second-order valence-corrected chi connectivity index (χ2v) is 4.42. The third-order valence-corrected chi connectivity index (χ3v) is 3.20. The molecule has 1 saturated carbocycles. The lowest BCUT2D eigenvalue weighted by Crippen LogP contribution is -2.27. The van der Waals surface area contributed by atoms with Gasteiger partial charge in [-0.05, 0) is 30.9 Å². The lowest BCUT2D eigenvalue weighted by atomic mass is 10.1. The predicted octanol–water partition coefficient (Wildman–Crippen LogP) is 2.66. The fraction of sp³-hybridized carbons (Fsp3) is 0.462. The first-order valence-corrected chi connectivity index (χ1v) is 5.69. The Morgan fingerprint density at radius 3 is 2.94 bits per heavy atom. The Balaban J connectivity index is 2.07. The summed E-state index contributed by atoms with van der Waals surface area (Å²) >= 11 is 0. The first kappa shape index (κ1) is 11.1. The van der Waals surface area contributed by atoms with Crippen LogP contribution >= 0.6 is 0 Å². The first-order chi connectivity index (χ1) is 7.63. The van der Waals surface area contributed by atoms with Crippen molar-refractivity contribution in [3.63, 3.8) is 0 Å². The molecule has 0 bridgehead atoms. The quantitative estimate of drug-likeness (QED) is 0.835. The maximum absolute atomic E-state index is 13.6. The zero-order valence-electron chi connectivity index (χ0n) is 9.59. The number of nitrogens with one attached hydrogen (secondary N) is 1. The molecule has 0 saturated heterocycles. The molecule has 1 N–H and O–H groups in total. The molecule has 16 heavy (non-hydrogen) atoms. The van der Waals surface area contributed by atoms with E-state index < -0.39 is 5.82 Å². The van der Waals surface area contributed by atoms with Crippen molar-refractivity contribution in [3.05, 3.63) is 35.1 Å². The van der Waals surface area contributed by atoms with Gasteiger partial charge in [0.2, 0.25) is 0 Å². The van der Waals surface area contributed by atoms with Gasteiger partial charge in [0.15, 0.2) is 0 Å². The number of amides is 1. The normalized spacial score (nSPS) is 22.9. The van der Waals surface area contributed by atoms with Crippen molar-refractivity contribution in [2.24, 2.45) is 5.92 Å². The molecule has 0 spiro atoms. The highest BCUT2D eigenvalue weighted by Gasteiger charge is 2.36. The van der Waals surface area contributed by atoms with E-state index in [4.69, 9.17) is 0 Å². The van der Waals surface area contributed by atoms with Crippen molar-refractivity contribution in [1.82, 2.24) is 5.32 Å². The van der Waals surface area contributed by atoms with E-state index in [1.807, 2.05) is 0 Å². The van der Waals surface area contributed by atoms with Gasteiger partial charge in [0.05, 0.1) is 5.56 Å². The second kappa shape index (κ2) is 4.24. The highest BCUT2D eigenvalue weighted by atomic mass is 19.1. The van der Waals surface area contributed by atoms with Gasteiger partial charge in [0, 0.05) is 6.04 Å². The smallest absolute Gasteiger partial charge is 0.254 e. The summed E-state index contributed by atoms with van der Waals surface area (Å²) in [5, 5.41) is 2.86. The van der Waals surface area contributed by atoms with Crippen LogP contribution in [0.4, 0.5) is 4.39 Å². The zero-order chi connectivity index (χ0) is 11.7. The number of halogens is 1. The van der Waals surface area contributed by atoms with Gasteiger partial charge in [-0.2, -0.15) is 0 Å². The number of rotatable bonds is 3. The number of hydrogen-bond donors (Lipinski definition) is 1.